The van der Waals surface area contributed by atoms with Crippen molar-refractivity contribution in [2.45, 2.75) is 25.3 Å². The third-order valence-corrected chi connectivity index (χ3v) is 2.54. The molecule has 2 rings (SSSR count). The van der Waals surface area contributed by atoms with E-state index < -0.39 is 5.97 Å². The number of imidazole rings is 1. The molecule has 1 amide bonds. The van der Waals surface area contributed by atoms with E-state index in [2.05, 4.69) is 9.97 Å². The van der Waals surface area contributed by atoms with Crippen molar-refractivity contribution in [1.82, 2.24) is 14.9 Å². The Morgan fingerprint density at radius 2 is 2.31 bits per heavy atom. The smallest absolute Gasteiger partial charge is 0.305 e. The fourth-order valence-corrected chi connectivity index (χ4v) is 1.58. The monoisotopic (exact) mass is 223 g/mol. The summed E-state index contributed by atoms with van der Waals surface area (Å²) in [6.45, 7) is 0.262. The number of carboxylic acid groups (broad SMARTS) is 1. The lowest BCUT2D eigenvalue weighted by molar-refractivity contribution is -0.137. The Bertz CT molecular complexity index is 384. The highest BCUT2D eigenvalue weighted by Crippen LogP contribution is 2.28. The molecule has 1 aliphatic rings. The zero-order valence-corrected chi connectivity index (χ0v) is 8.72. The van der Waals surface area contributed by atoms with Gasteiger partial charge in [0.25, 0.3) is 5.91 Å². The Balaban J connectivity index is 2.01. The number of carbonyl (C=O) groups is 2. The number of hydrogen-bond acceptors (Lipinski definition) is 3. The highest BCUT2D eigenvalue weighted by Gasteiger charge is 2.33. The molecule has 2 N–H and O–H groups in total. The molecule has 0 aromatic carbocycles. The minimum Gasteiger partial charge on any atom is -0.481 e. The van der Waals surface area contributed by atoms with E-state index in [0.717, 1.165) is 12.8 Å². The number of nitrogens with zero attached hydrogens (tertiary/aromatic N) is 2. The Kier molecular flexibility index (Phi) is 2.89. The van der Waals surface area contributed by atoms with Gasteiger partial charge in [-0.3, -0.25) is 9.59 Å². The maximum Gasteiger partial charge on any atom is 0.305 e. The maximum absolute atomic E-state index is 12.0. The van der Waals surface area contributed by atoms with E-state index in [1.165, 1.54) is 12.5 Å². The number of hydrogen-bond donors (Lipinski definition) is 2. The second kappa shape index (κ2) is 4.34. The maximum atomic E-state index is 12.0. The quantitative estimate of drug-likeness (QED) is 0.760. The van der Waals surface area contributed by atoms with E-state index >= 15 is 0 Å². The molecule has 1 heterocycles. The second-order valence-electron chi connectivity index (χ2n) is 3.84. The lowest BCUT2D eigenvalue weighted by atomic mass is 10.3. The average Bonchev–Trinajstić information content (AvgIpc) is 2.93. The number of rotatable bonds is 5. The van der Waals surface area contributed by atoms with Crippen molar-refractivity contribution in [3.63, 3.8) is 0 Å². The minimum absolute atomic E-state index is 0.0175. The highest BCUT2D eigenvalue weighted by molar-refractivity contribution is 5.92. The molecule has 1 aromatic rings. The molecular weight excluding hydrogens is 210 g/mol. The molecule has 6 nitrogen and oxygen atoms in total. The van der Waals surface area contributed by atoms with Gasteiger partial charge in [-0.15, -0.1) is 0 Å². The average molecular weight is 223 g/mol. The van der Waals surface area contributed by atoms with Gasteiger partial charge in [-0.05, 0) is 12.8 Å². The molecule has 0 unspecified atom stereocenters. The number of carbonyl (C=O) groups excluding carboxylic acids is 1. The van der Waals surface area contributed by atoms with Crippen molar-refractivity contribution >= 4 is 11.9 Å². The van der Waals surface area contributed by atoms with Gasteiger partial charge in [0.1, 0.15) is 5.69 Å². The number of aromatic amines is 1. The molecule has 0 bridgehead atoms. The molecule has 16 heavy (non-hydrogen) atoms. The van der Waals surface area contributed by atoms with Crippen LogP contribution in [0.5, 0.6) is 0 Å². The number of carboxylic acids is 1. The van der Waals surface area contributed by atoms with Crippen LogP contribution >= 0.6 is 0 Å². The van der Waals surface area contributed by atoms with E-state index in [4.69, 9.17) is 5.11 Å². The zero-order chi connectivity index (χ0) is 11.5. The summed E-state index contributed by atoms with van der Waals surface area (Å²) in [5, 5.41) is 8.62. The fraction of sp³-hybridized carbons (Fsp3) is 0.500. The van der Waals surface area contributed by atoms with Gasteiger partial charge in [0.15, 0.2) is 0 Å². The predicted octanol–water partition coefficient (Wildman–Crippen LogP) is 0.489. The van der Waals surface area contributed by atoms with Crippen molar-refractivity contribution in [2.75, 3.05) is 6.54 Å². The predicted molar refractivity (Wildman–Crippen MR) is 54.9 cm³/mol. The fourth-order valence-electron chi connectivity index (χ4n) is 1.58. The minimum atomic E-state index is -0.886. The van der Waals surface area contributed by atoms with Crippen LogP contribution in [0.2, 0.25) is 0 Å². The molecule has 1 fully saturated rings. The molecule has 0 spiro atoms. The normalized spacial score (nSPS) is 14.8. The topological polar surface area (TPSA) is 86.3 Å². The van der Waals surface area contributed by atoms with Crippen LogP contribution in [0.4, 0.5) is 0 Å². The molecule has 0 radical (unpaired) electrons. The first-order valence-corrected chi connectivity index (χ1v) is 5.19. The van der Waals surface area contributed by atoms with Crippen molar-refractivity contribution in [3.05, 3.63) is 18.2 Å². The first-order chi connectivity index (χ1) is 7.68. The van der Waals surface area contributed by atoms with Gasteiger partial charge in [0.2, 0.25) is 0 Å². The summed E-state index contributed by atoms with van der Waals surface area (Å²) < 4.78 is 0. The summed E-state index contributed by atoms with van der Waals surface area (Å²) in [5.74, 6) is -1.05. The summed E-state index contributed by atoms with van der Waals surface area (Å²) in [5.41, 5.74) is 0.414. The van der Waals surface area contributed by atoms with Gasteiger partial charge >= 0.3 is 5.97 Å². The van der Waals surface area contributed by atoms with Crippen molar-refractivity contribution in [2.24, 2.45) is 0 Å². The Morgan fingerprint density at radius 3 is 2.81 bits per heavy atom. The van der Waals surface area contributed by atoms with Crippen LogP contribution < -0.4 is 0 Å². The van der Waals surface area contributed by atoms with Gasteiger partial charge in [-0.25, -0.2) is 4.98 Å². The van der Waals surface area contributed by atoms with Gasteiger partial charge < -0.3 is 15.0 Å². The van der Waals surface area contributed by atoms with Gasteiger partial charge in [0, 0.05) is 12.6 Å². The lowest BCUT2D eigenvalue weighted by Crippen LogP contribution is -2.35. The molecule has 1 aromatic heterocycles. The summed E-state index contributed by atoms with van der Waals surface area (Å²) >= 11 is 0. The highest BCUT2D eigenvalue weighted by atomic mass is 16.4. The third-order valence-electron chi connectivity index (χ3n) is 2.54. The first-order valence-electron chi connectivity index (χ1n) is 5.19. The first kappa shape index (κ1) is 10.7. The largest absolute Gasteiger partial charge is 0.481 e. The molecule has 0 saturated heterocycles. The van der Waals surface area contributed by atoms with Crippen molar-refractivity contribution < 1.29 is 14.7 Å². The Hall–Kier alpha value is -1.85. The van der Waals surface area contributed by atoms with E-state index in [1.54, 1.807) is 4.90 Å². The van der Waals surface area contributed by atoms with Gasteiger partial charge in [-0.2, -0.15) is 0 Å². The number of amides is 1. The molecule has 0 atom stereocenters. The number of nitrogens with one attached hydrogen (secondary N) is 1. The molecule has 0 aliphatic heterocycles. The molecule has 1 saturated carbocycles. The molecule has 1 aliphatic carbocycles. The van der Waals surface area contributed by atoms with Crippen molar-refractivity contribution in [3.8, 4) is 0 Å². The van der Waals surface area contributed by atoms with E-state index in [9.17, 15) is 9.59 Å². The Morgan fingerprint density at radius 1 is 1.56 bits per heavy atom. The Labute approximate surface area is 92.3 Å². The molecule has 6 heteroatoms. The summed E-state index contributed by atoms with van der Waals surface area (Å²) in [6, 6.07) is 0.204. The van der Waals surface area contributed by atoms with Crippen LogP contribution in [0, 0.1) is 0 Å². The van der Waals surface area contributed by atoms with Crippen LogP contribution in [-0.4, -0.2) is 44.4 Å². The second-order valence-corrected chi connectivity index (χ2v) is 3.84. The van der Waals surface area contributed by atoms with Crippen LogP contribution in [0.15, 0.2) is 12.5 Å². The number of aliphatic carboxylic acids is 1. The van der Waals surface area contributed by atoms with Crippen molar-refractivity contribution in [1.29, 1.82) is 0 Å². The summed E-state index contributed by atoms with van der Waals surface area (Å²) in [6.07, 6.45) is 4.79. The van der Waals surface area contributed by atoms with Gasteiger partial charge in [-0.1, -0.05) is 0 Å². The molecule has 86 valence electrons. The number of aromatic nitrogens is 2. The number of H-pyrrole nitrogens is 1. The van der Waals surface area contributed by atoms with Crippen LogP contribution in [0.25, 0.3) is 0 Å². The van der Waals surface area contributed by atoms with E-state index in [0.29, 0.717) is 5.69 Å². The van der Waals surface area contributed by atoms with Crippen LogP contribution in [0.3, 0.4) is 0 Å². The van der Waals surface area contributed by atoms with Crippen LogP contribution in [0.1, 0.15) is 29.8 Å². The summed E-state index contributed by atoms with van der Waals surface area (Å²) in [4.78, 5) is 30.6. The SMILES string of the molecule is O=C(O)CCN(C(=O)c1cnc[nH]1)C1CC1. The standard InChI is InChI=1S/C10H13N3O3/c14-9(15)3-4-13(7-1-2-7)10(16)8-5-11-6-12-8/h5-7H,1-4H2,(H,11,12)(H,14,15). The van der Waals surface area contributed by atoms with Crippen LogP contribution in [-0.2, 0) is 4.79 Å². The zero-order valence-electron chi connectivity index (χ0n) is 8.72. The lowest BCUT2D eigenvalue weighted by Gasteiger charge is -2.20. The van der Waals surface area contributed by atoms with E-state index in [-0.39, 0.29) is 24.9 Å². The molecular formula is C10H13N3O3. The summed E-state index contributed by atoms with van der Waals surface area (Å²) in [7, 11) is 0. The van der Waals surface area contributed by atoms with E-state index in [1.807, 2.05) is 0 Å². The third kappa shape index (κ3) is 2.39. The van der Waals surface area contributed by atoms with Gasteiger partial charge in [0.05, 0.1) is 18.9 Å².